The van der Waals surface area contributed by atoms with Gasteiger partial charge in [-0.2, -0.15) is 5.10 Å². The highest BCUT2D eigenvalue weighted by molar-refractivity contribution is 9.10. The monoisotopic (exact) mass is 312 g/mol. The van der Waals surface area contributed by atoms with Crippen LogP contribution < -0.4 is 0 Å². The molecule has 0 bridgehead atoms. The van der Waals surface area contributed by atoms with E-state index in [1.54, 1.807) is 19.1 Å². The zero-order valence-electron chi connectivity index (χ0n) is 9.56. The summed E-state index contributed by atoms with van der Waals surface area (Å²) in [5, 5.41) is 4.03. The zero-order valence-corrected chi connectivity index (χ0v) is 11.1. The van der Waals surface area contributed by atoms with E-state index in [9.17, 15) is 9.18 Å². The van der Waals surface area contributed by atoms with Gasteiger partial charge in [0, 0.05) is 0 Å². The van der Waals surface area contributed by atoms with E-state index in [4.69, 9.17) is 4.74 Å². The second-order valence-electron chi connectivity index (χ2n) is 3.46. The minimum atomic E-state index is -0.466. The molecule has 0 radical (unpaired) electrons. The fourth-order valence-corrected chi connectivity index (χ4v) is 2.03. The average molecular weight is 313 g/mol. The van der Waals surface area contributed by atoms with Crippen LogP contribution in [0.4, 0.5) is 4.39 Å². The van der Waals surface area contributed by atoms with Gasteiger partial charge in [-0.05, 0) is 41.1 Å². The van der Waals surface area contributed by atoms with Gasteiger partial charge >= 0.3 is 5.97 Å². The fraction of sp³-hybridized carbons (Fsp3) is 0.167. The quantitative estimate of drug-likeness (QED) is 0.818. The van der Waals surface area contributed by atoms with Crippen molar-refractivity contribution in [1.29, 1.82) is 0 Å². The highest BCUT2D eigenvalue weighted by Gasteiger charge is 2.17. The Morgan fingerprint density at radius 1 is 1.56 bits per heavy atom. The minimum absolute atomic E-state index is 0.288. The zero-order chi connectivity index (χ0) is 13.1. The molecule has 0 unspecified atom stereocenters. The molecule has 0 aliphatic carbocycles. The van der Waals surface area contributed by atoms with E-state index in [1.807, 2.05) is 0 Å². The van der Waals surface area contributed by atoms with Crippen molar-refractivity contribution in [2.75, 3.05) is 6.61 Å². The number of carbonyl (C=O) groups is 1. The van der Waals surface area contributed by atoms with Crippen LogP contribution in [0.1, 0.15) is 17.3 Å². The second-order valence-corrected chi connectivity index (χ2v) is 4.21. The Hall–Kier alpha value is -1.69. The van der Waals surface area contributed by atoms with E-state index in [0.717, 1.165) is 0 Å². The van der Waals surface area contributed by atoms with E-state index >= 15 is 0 Å². The first-order valence-corrected chi connectivity index (χ1v) is 6.09. The summed E-state index contributed by atoms with van der Waals surface area (Å²) in [4.78, 5) is 11.6. The van der Waals surface area contributed by atoms with Gasteiger partial charge in [-0.25, -0.2) is 13.9 Å². The lowest BCUT2D eigenvalue weighted by Gasteiger charge is -2.04. The molecule has 1 aromatic heterocycles. The van der Waals surface area contributed by atoms with Crippen LogP contribution in [0.25, 0.3) is 5.69 Å². The van der Waals surface area contributed by atoms with Crippen molar-refractivity contribution in [3.05, 3.63) is 46.4 Å². The van der Waals surface area contributed by atoms with Gasteiger partial charge < -0.3 is 4.74 Å². The van der Waals surface area contributed by atoms with Gasteiger partial charge in [0.05, 0.1) is 18.5 Å². The van der Waals surface area contributed by atoms with Crippen LogP contribution in [0.5, 0.6) is 0 Å². The van der Waals surface area contributed by atoms with Crippen LogP contribution in [0, 0.1) is 5.82 Å². The van der Waals surface area contributed by atoms with Crippen molar-refractivity contribution < 1.29 is 13.9 Å². The van der Waals surface area contributed by atoms with Crippen LogP contribution in [-0.4, -0.2) is 22.4 Å². The molecular formula is C12H10BrFN2O2. The summed E-state index contributed by atoms with van der Waals surface area (Å²) >= 11 is 3.26. The Morgan fingerprint density at radius 3 is 3.00 bits per heavy atom. The number of benzene rings is 1. The SMILES string of the molecule is CCOC(=O)c1cnn(-c2cccc(F)c2)c1Br. The molecule has 0 amide bonds. The molecule has 2 rings (SSSR count). The number of hydrogen-bond donors (Lipinski definition) is 0. The van der Waals surface area contributed by atoms with E-state index in [2.05, 4.69) is 21.0 Å². The first-order chi connectivity index (χ1) is 8.63. The van der Waals surface area contributed by atoms with Gasteiger partial charge in [-0.3, -0.25) is 0 Å². The lowest BCUT2D eigenvalue weighted by atomic mass is 10.3. The Morgan fingerprint density at radius 2 is 2.33 bits per heavy atom. The summed E-state index contributed by atoms with van der Waals surface area (Å²) in [6.07, 6.45) is 1.38. The number of ether oxygens (including phenoxy) is 1. The summed E-state index contributed by atoms with van der Waals surface area (Å²) in [5.74, 6) is -0.834. The second kappa shape index (κ2) is 5.30. The molecule has 0 atom stereocenters. The summed E-state index contributed by atoms with van der Waals surface area (Å²) < 4.78 is 19.9. The van der Waals surface area contributed by atoms with Crippen molar-refractivity contribution in [3.63, 3.8) is 0 Å². The molecule has 94 valence electrons. The molecule has 0 saturated heterocycles. The number of hydrogen-bond acceptors (Lipinski definition) is 3. The topological polar surface area (TPSA) is 44.1 Å². The molecule has 6 heteroatoms. The molecule has 2 aromatic rings. The summed E-state index contributed by atoms with van der Waals surface area (Å²) in [6.45, 7) is 2.01. The largest absolute Gasteiger partial charge is 0.462 e. The third-order valence-electron chi connectivity index (χ3n) is 2.26. The molecule has 0 aliphatic rings. The van der Waals surface area contributed by atoms with Gasteiger partial charge in [0.25, 0.3) is 0 Å². The molecule has 0 spiro atoms. The van der Waals surface area contributed by atoms with E-state index in [0.29, 0.717) is 15.9 Å². The third-order valence-corrected chi connectivity index (χ3v) is 3.02. The van der Waals surface area contributed by atoms with Gasteiger partial charge in [0.1, 0.15) is 16.0 Å². The predicted octanol–water partition coefficient (Wildman–Crippen LogP) is 2.95. The molecule has 0 saturated carbocycles. The van der Waals surface area contributed by atoms with E-state index in [1.165, 1.54) is 23.0 Å². The van der Waals surface area contributed by atoms with Crippen molar-refractivity contribution >= 4 is 21.9 Å². The normalized spacial score (nSPS) is 10.4. The molecule has 1 heterocycles. The summed E-state index contributed by atoms with van der Waals surface area (Å²) in [7, 11) is 0. The Kier molecular flexibility index (Phi) is 3.76. The number of carbonyl (C=O) groups excluding carboxylic acids is 1. The molecule has 4 nitrogen and oxygen atoms in total. The van der Waals surface area contributed by atoms with Crippen molar-refractivity contribution in [2.24, 2.45) is 0 Å². The Bertz CT molecular complexity index is 583. The van der Waals surface area contributed by atoms with Gasteiger partial charge in [-0.1, -0.05) is 6.07 Å². The number of rotatable bonds is 3. The van der Waals surface area contributed by atoms with E-state index < -0.39 is 5.97 Å². The highest BCUT2D eigenvalue weighted by Crippen LogP contribution is 2.21. The number of nitrogens with zero attached hydrogens (tertiary/aromatic N) is 2. The molecule has 0 N–H and O–H groups in total. The van der Waals surface area contributed by atoms with Crippen LogP contribution in [0.15, 0.2) is 35.1 Å². The van der Waals surface area contributed by atoms with Crippen LogP contribution >= 0.6 is 15.9 Å². The Balaban J connectivity index is 2.39. The van der Waals surface area contributed by atoms with Gasteiger partial charge in [-0.15, -0.1) is 0 Å². The maximum absolute atomic E-state index is 13.1. The predicted molar refractivity (Wildman–Crippen MR) is 67.2 cm³/mol. The van der Waals surface area contributed by atoms with Crippen molar-refractivity contribution in [3.8, 4) is 5.69 Å². The van der Waals surface area contributed by atoms with Crippen LogP contribution in [-0.2, 0) is 4.74 Å². The minimum Gasteiger partial charge on any atom is -0.462 e. The first kappa shape index (κ1) is 12.8. The number of halogens is 2. The molecule has 1 aromatic carbocycles. The maximum atomic E-state index is 13.1. The standard InChI is InChI=1S/C12H10BrFN2O2/c1-2-18-12(17)10-7-15-16(11(10)13)9-5-3-4-8(14)6-9/h3-7H,2H2,1H3. The van der Waals surface area contributed by atoms with Crippen LogP contribution in [0.3, 0.4) is 0 Å². The third kappa shape index (κ3) is 2.43. The van der Waals surface area contributed by atoms with E-state index in [-0.39, 0.29) is 12.4 Å². The Labute approximate surface area is 111 Å². The first-order valence-electron chi connectivity index (χ1n) is 5.30. The van der Waals surface area contributed by atoms with Crippen molar-refractivity contribution in [2.45, 2.75) is 6.92 Å². The molecule has 18 heavy (non-hydrogen) atoms. The van der Waals surface area contributed by atoms with Crippen molar-refractivity contribution in [1.82, 2.24) is 9.78 Å². The highest BCUT2D eigenvalue weighted by atomic mass is 79.9. The van der Waals surface area contributed by atoms with Crippen LogP contribution in [0.2, 0.25) is 0 Å². The fourth-order valence-electron chi connectivity index (χ4n) is 1.47. The molecule has 0 aliphatic heterocycles. The van der Waals surface area contributed by atoms with Gasteiger partial charge in [0.15, 0.2) is 0 Å². The lowest BCUT2D eigenvalue weighted by Crippen LogP contribution is -2.05. The smallest absolute Gasteiger partial charge is 0.342 e. The molecule has 0 fully saturated rings. The molecular weight excluding hydrogens is 303 g/mol. The number of aromatic nitrogens is 2. The number of esters is 1. The summed E-state index contributed by atoms with van der Waals surface area (Å²) in [6, 6.07) is 5.93. The summed E-state index contributed by atoms with van der Waals surface area (Å²) in [5.41, 5.74) is 0.832. The van der Waals surface area contributed by atoms with Gasteiger partial charge in [0.2, 0.25) is 0 Å². The lowest BCUT2D eigenvalue weighted by molar-refractivity contribution is 0.0525. The average Bonchev–Trinajstić information content (AvgIpc) is 2.71. The maximum Gasteiger partial charge on any atom is 0.342 e.